The molecule has 1 heterocycles. The standard InChI is InChI=1S/C14H14ClNO5S/c1-8-4-5-10(6-11(8)15)16(3)22(19,20)13-7-12(14(17)18)21-9(13)2/h4-7H,1-3H3,(H,17,18). The van der Waals surface area contributed by atoms with Gasteiger partial charge in [-0.1, -0.05) is 17.7 Å². The van der Waals surface area contributed by atoms with Crippen molar-refractivity contribution in [3.05, 3.63) is 46.4 Å². The van der Waals surface area contributed by atoms with Crippen LogP contribution in [0.25, 0.3) is 0 Å². The number of anilines is 1. The van der Waals surface area contributed by atoms with Gasteiger partial charge in [0.05, 0.1) is 5.69 Å². The second-order valence-electron chi connectivity index (χ2n) is 4.74. The van der Waals surface area contributed by atoms with E-state index in [1.807, 2.05) is 0 Å². The van der Waals surface area contributed by atoms with E-state index in [1.54, 1.807) is 19.1 Å². The molecule has 0 saturated carbocycles. The van der Waals surface area contributed by atoms with Gasteiger partial charge in [-0.25, -0.2) is 13.2 Å². The molecule has 0 aliphatic heterocycles. The lowest BCUT2D eigenvalue weighted by Gasteiger charge is -2.19. The van der Waals surface area contributed by atoms with E-state index in [4.69, 9.17) is 21.1 Å². The summed E-state index contributed by atoms with van der Waals surface area (Å²) in [6, 6.07) is 5.85. The highest BCUT2D eigenvalue weighted by molar-refractivity contribution is 7.92. The van der Waals surface area contributed by atoms with Gasteiger partial charge in [0.1, 0.15) is 10.7 Å². The fourth-order valence-corrected chi connectivity index (χ4v) is 3.41. The van der Waals surface area contributed by atoms with Gasteiger partial charge in [0.15, 0.2) is 0 Å². The fourth-order valence-electron chi connectivity index (χ4n) is 1.89. The smallest absolute Gasteiger partial charge is 0.371 e. The van der Waals surface area contributed by atoms with Crippen LogP contribution in [0.4, 0.5) is 5.69 Å². The van der Waals surface area contributed by atoms with E-state index in [0.29, 0.717) is 10.7 Å². The Morgan fingerprint density at radius 2 is 1.91 bits per heavy atom. The average molecular weight is 344 g/mol. The Bertz CT molecular complexity index is 841. The Hall–Kier alpha value is -1.99. The summed E-state index contributed by atoms with van der Waals surface area (Å²) in [7, 11) is -2.58. The van der Waals surface area contributed by atoms with E-state index in [0.717, 1.165) is 15.9 Å². The number of sulfonamides is 1. The summed E-state index contributed by atoms with van der Waals surface area (Å²) in [5, 5.41) is 9.33. The molecule has 0 saturated heterocycles. The Labute approximate surface area is 133 Å². The third-order valence-electron chi connectivity index (χ3n) is 3.24. The molecular weight excluding hydrogens is 330 g/mol. The lowest BCUT2D eigenvalue weighted by Crippen LogP contribution is -2.26. The first-order valence-electron chi connectivity index (χ1n) is 6.23. The summed E-state index contributed by atoms with van der Waals surface area (Å²) in [5.74, 6) is -1.74. The van der Waals surface area contributed by atoms with E-state index >= 15 is 0 Å². The number of aromatic carboxylic acids is 1. The molecule has 6 nitrogen and oxygen atoms in total. The number of hydrogen-bond donors (Lipinski definition) is 1. The molecule has 2 aromatic rings. The van der Waals surface area contributed by atoms with Gasteiger partial charge in [-0.05, 0) is 31.5 Å². The Morgan fingerprint density at radius 3 is 2.41 bits per heavy atom. The maximum Gasteiger partial charge on any atom is 0.371 e. The highest BCUT2D eigenvalue weighted by Crippen LogP contribution is 2.29. The van der Waals surface area contributed by atoms with Crippen LogP contribution in [0.15, 0.2) is 33.6 Å². The Balaban J connectivity index is 2.49. The van der Waals surface area contributed by atoms with Gasteiger partial charge in [0.2, 0.25) is 5.76 Å². The van der Waals surface area contributed by atoms with Gasteiger partial charge in [-0.2, -0.15) is 0 Å². The normalized spacial score (nSPS) is 11.5. The molecule has 0 spiro atoms. The van der Waals surface area contributed by atoms with Gasteiger partial charge in [-0.3, -0.25) is 4.31 Å². The molecule has 0 aliphatic carbocycles. The van der Waals surface area contributed by atoms with Crippen molar-refractivity contribution in [3.8, 4) is 0 Å². The largest absolute Gasteiger partial charge is 0.475 e. The SMILES string of the molecule is Cc1ccc(N(C)S(=O)(=O)c2cc(C(=O)O)oc2C)cc1Cl. The van der Waals surface area contributed by atoms with Crippen LogP contribution < -0.4 is 4.31 Å². The van der Waals surface area contributed by atoms with Crippen molar-refractivity contribution in [2.75, 3.05) is 11.4 Å². The first kappa shape index (κ1) is 16.4. The van der Waals surface area contributed by atoms with Crippen LogP contribution in [0.1, 0.15) is 21.9 Å². The van der Waals surface area contributed by atoms with Crippen LogP contribution in [0, 0.1) is 13.8 Å². The summed E-state index contributed by atoms with van der Waals surface area (Å²) in [6.07, 6.45) is 0. The van der Waals surface area contributed by atoms with Crippen molar-refractivity contribution in [3.63, 3.8) is 0 Å². The van der Waals surface area contributed by atoms with Crippen LogP contribution >= 0.6 is 11.6 Å². The molecule has 8 heteroatoms. The van der Waals surface area contributed by atoms with Gasteiger partial charge >= 0.3 is 5.97 Å². The predicted octanol–water partition coefficient (Wildman–Crippen LogP) is 3.07. The first-order valence-corrected chi connectivity index (χ1v) is 8.05. The topological polar surface area (TPSA) is 87.8 Å². The van der Waals surface area contributed by atoms with Crippen molar-refractivity contribution >= 4 is 33.3 Å². The molecule has 1 N–H and O–H groups in total. The number of rotatable bonds is 4. The number of aryl methyl sites for hydroxylation is 2. The van der Waals surface area contributed by atoms with Gasteiger partial charge < -0.3 is 9.52 Å². The number of carbonyl (C=O) groups is 1. The predicted molar refractivity (Wildman–Crippen MR) is 82.2 cm³/mol. The fraction of sp³-hybridized carbons (Fsp3) is 0.214. The molecule has 1 aromatic heterocycles. The molecule has 0 amide bonds. The molecule has 118 valence electrons. The summed E-state index contributed by atoms with van der Waals surface area (Å²) in [4.78, 5) is 10.7. The molecular formula is C14H14ClNO5S. The summed E-state index contributed by atoms with van der Waals surface area (Å²) in [6.45, 7) is 3.20. The minimum atomic E-state index is -3.95. The van der Waals surface area contributed by atoms with Crippen LogP contribution in [0.3, 0.4) is 0 Å². The second-order valence-corrected chi connectivity index (χ2v) is 7.09. The zero-order valence-electron chi connectivity index (χ0n) is 12.1. The second kappa shape index (κ2) is 5.66. The minimum Gasteiger partial charge on any atom is -0.475 e. The van der Waals surface area contributed by atoms with Crippen molar-refractivity contribution in [2.45, 2.75) is 18.7 Å². The Morgan fingerprint density at radius 1 is 1.27 bits per heavy atom. The molecule has 0 atom stereocenters. The van der Waals surface area contributed by atoms with Gasteiger partial charge in [-0.15, -0.1) is 0 Å². The van der Waals surface area contributed by atoms with E-state index in [2.05, 4.69) is 0 Å². The number of nitrogens with zero attached hydrogens (tertiary/aromatic N) is 1. The highest BCUT2D eigenvalue weighted by Gasteiger charge is 2.28. The van der Waals surface area contributed by atoms with Crippen LogP contribution in [0.5, 0.6) is 0 Å². The number of carboxylic acids is 1. The summed E-state index contributed by atoms with van der Waals surface area (Å²) < 4.78 is 31.2. The van der Waals surface area contributed by atoms with E-state index in [9.17, 15) is 13.2 Å². The summed E-state index contributed by atoms with van der Waals surface area (Å²) in [5.41, 5.74) is 1.19. The van der Waals surface area contributed by atoms with Crippen LogP contribution in [-0.4, -0.2) is 26.5 Å². The van der Waals surface area contributed by atoms with E-state index in [1.165, 1.54) is 20.0 Å². The quantitative estimate of drug-likeness (QED) is 0.921. The number of halogens is 1. The van der Waals surface area contributed by atoms with Crippen LogP contribution in [0.2, 0.25) is 5.02 Å². The zero-order chi connectivity index (χ0) is 16.7. The van der Waals surface area contributed by atoms with E-state index < -0.39 is 21.8 Å². The number of carboxylic acid groups (broad SMARTS) is 1. The Kier molecular flexibility index (Phi) is 4.21. The zero-order valence-corrected chi connectivity index (χ0v) is 13.7. The number of hydrogen-bond acceptors (Lipinski definition) is 4. The third kappa shape index (κ3) is 2.82. The molecule has 0 unspecified atom stereocenters. The molecule has 1 aromatic carbocycles. The van der Waals surface area contributed by atoms with Crippen molar-refractivity contribution in [1.29, 1.82) is 0 Å². The maximum atomic E-state index is 12.6. The maximum absolute atomic E-state index is 12.6. The van der Waals surface area contributed by atoms with Crippen molar-refractivity contribution in [2.24, 2.45) is 0 Å². The van der Waals surface area contributed by atoms with E-state index in [-0.39, 0.29) is 10.7 Å². The van der Waals surface area contributed by atoms with Gasteiger partial charge in [0.25, 0.3) is 10.0 Å². The average Bonchev–Trinajstić information content (AvgIpc) is 2.84. The monoisotopic (exact) mass is 343 g/mol. The summed E-state index contributed by atoms with van der Waals surface area (Å²) >= 11 is 6.01. The van der Waals surface area contributed by atoms with Crippen LogP contribution in [-0.2, 0) is 10.0 Å². The number of benzene rings is 1. The van der Waals surface area contributed by atoms with Crippen molar-refractivity contribution in [1.82, 2.24) is 0 Å². The third-order valence-corrected chi connectivity index (χ3v) is 5.54. The molecule has 0 fully saturated rings. The minimum absolute atomic E-state index is 0.0162. The van der Waals surface area contributed by atoms with Crippen molar-refractivity contribution < 1.29 is 22.7 Å². The molecule has 2 rings (SSSR count). The first-order chi connectivity index (χ1) is 10.1. The highest BCUT2D eigenvalue weighted by atomic mass is 35.5. The molecule has 0 bridgehead atoms. The molecule has 0 aliphatic rings. The lowest BCUT2D eigenvalue weighted by atomic mass is 10.2. The molecule has 22 heavy (non-hydrogen) atoms. The number of furan rings is 1. The van der Waals surface area contributed by atoms with Gasteiger partial charge in [0, 0.05) is 18.1 Å². The lowest BCUT2D eigenvalue weighted by molar-refractivity contribution is 0.0661. The molecule has 0 radical (unpaired) electrons.